The third-order valence-electron chi connectivity index (χ3n) is 4.50. The van der Waals surface area contributed by atoms with Crippen molar-refractivity contribution in [3.63, 3.8) is 0 Å². The second-order valence-corrected chi connectivity index (χ2v) is 7.28. The van der Waals surface area contributed by atoms with E-state index in [0.717, 1.165) is 16.7 Å². The first-order chi connectivity index (χ1) is 15.0. The molecular weight excluding hydrogens is 422 g/mol. The highest BCUT2D eigenvalue weighted by molar-refractivity contribution is 8.18. The summed E-state index contributed by atoms with van der Waals surface area (Å²) in [6.07, 6.45) is 1.62. The van der Waals surface area contributed by atoms with E-state index in [1.54, 1.807) is 37.5 Å². The van der Waals surface area contributed by atoms with E-state index in [9.17, 15) is 9.59 Å². The first-order valence-electron chi connectivity index (χ1n) is 9.33. The van der Waals surface area contributed by atoms with Gasteiger partial charge in [-0.05, 0) is 47.7 Å². The van der Waals surface area contributed by atoms with E-state index in [4.69, 9.17) is 23.7 Å². The van der Waals surface area contributed by atoms with Gasteiger partial charge < -0.3 is 23.7 Å². The molecule has 2 aromatic rings. The number of nitrogens with zero attached hydrogens (tertiary/aromatic N) is 1. The van der Waals surface area contributed by atoms with Crippen LogP contribution >= 0.6 is 11.8 Å². The molecule has 0 bridgehead atoms. The molecule has 0 N–H and O–H groups in total. The maximum absolute atomic E-state index is 12.8. The molecule has 9 heteroatoms. The van der Waals surface area contributed by atoms with Crippen LogP contribution in [0.25, 0.3) is 6.08 Å². The summed E-state index contributed by atoms with van der Waals surface area (Å²) in [5.74, 6) is 2.11. The van der Waals surface area contributed by atoms with Crippen LogP contribution in [0.2, 0.25) is 0 Å². The standard InChI is InChI=1S/C22H23NO7S/c1-26-15-7-5-6-8-16(15)30-10-9-23-21(24)19(31-22(23)25)13-14-11-17(27-2)20(29-4)18(12-14)28-3/h5-8,11-13H,9-10H2,1-4H3/b19-13-. The van der Waals surface area contributed by atoms with E-state index >= 15 is 0 Å². The maximum Gasteiger partial charge on any atom is 0.293 e. The summed E-state index contributed by atoms with van der Waals surface area (Å²) in [6, 6.07) is 10.6. The third kappa shape index (κ3) is 4.88. The number of amides is 2. The Balaban J connectivity index is 1.73. The highest BCUT2D eigenvalue weighted by atomic mass is 32.2. The van der Waals surface area contributed by atoms with Gasteiger partial charge in [-0.25, -0.2) is 0 Å². The van der Waals surface area contributed by atoms with Crippen LogP contribution in [-0.2, 0) is 4.79 Å². The molecule has 0 aliphatic carbocycles. The minimum absolute atomic E-state index is 0.120. The Morgan fingerprint density at radius 3 is 2.06 bits per heavy atom. The van der Waals surface area contributed by atoms with E-state index in [-0.39, 0.29) is 24.3 Å². The largest absolute Gasteiger partial charge is 0.493 e. The van der Waals surface area contributed by atoms with Gasteiger partial charge in [-0.3, -0.25) is 14.5 Å². The van der Waals surface area contributed by atoms with Crippen LogP contribution in [0.3, 0.4) is 0 Å². The number of carbonyl (C=O) groups is 2. The van der Waals surface area contributed by atoms with Gasteiger partial charge in [-0.1, -0.05) is 12.1 Å². The van der Waals surface area contributed by atoms with E-state index in [0.29, 0.717) is 39.2 Å². The minimum Gasteiger partial charge on any atom is -0.493 e. The van der Waals surface area contributed by atoms with Crippen molar-refractivity contribution >= 4 is 29.0 Å². The number of thioether (sulfide) groups is 1. The van der Waals surface area contributed by atoms with E-state index < -0.39 is 0 Å². The number of methoxy groups -OCH3 is 4. The van der Waals surface area contributed by atoms with Crippen molar-refractivity contribution in [2.75, 3.05) is 41.6 Å². The monoisotopic (exact) mass is 445 g/mol. The lowest BCUT2D eigenvalue weighted by atomic mass is 10.1. The molecular formula is C22H23NO7S. The first-order valence-corrected chi connectivity index (χ1v) is 10.1. The average Bonchev–Trinajstić information content (AvgIpc) is 3.05. The van der Waals surface area contributed by atoms with Crippen molar-refractivity contribution in [2.45, 2.75) is 0 Å². The van der Waals surface area contributed by atoms with Gasteiger partial charge in [-0.2, -0.15) is 0 Å². The smallest absolute Gasteiger partial charge is 0.293 e. The second kappa shape index (κ2) is 10.1. The highest BCUT2D eigenvalue weighted by Gasteiger charge is 2.35. The number of imide groups is 1. The first kappa shape index (κ1) is 22.4. The minimum atomic E-state index is -0.382. The number of hydrogen-bond donors (Lipinski definition) is 0. The molecule has 0 saturated carbocycles. The van der Waals surface area contributed by atoms with Crippen LogP contribution in [0.15, 0.2) is 41.3 Å². The van der Waals surface area contributed by atoms with Crippen molar-refractivity contribution in [1.82, 2.24) is 4.90 Å². The Bertz CT molecular complexity index is 980. The van der Waals surface area contributed by atoms with Crippen molar-refractivity contribution in [3.8, 4) is 28.7 Å². The average molecular weight is 445 g/mol. The van der Waals surface area contributed by atoms with Gasteiger partial charge in [0.1, 0.15) is 6.61 Å². The molecule has 31 heavy (non-hydrogen) atoms. The fourth-order valence-corrected chi connectivity index (χ4v) is 3.88. The number of para-hydroxylation sites is 2. The van der Waals surface area contributed by atoms with Crippen molar-refractivity contribution in [1.29, 1.82) is 0 Å². The summed E-state index contributed by atoms with van der Waals surface area (Å²) in [4.78, 5) is 26.6. The number of ether oxygens (including phenoxy) is 5. The summed E-state index contributed by atoms with van der Waals surface area (Å²) in [5.41, 5.74) is 0.644. The summed E-state index contributed by atoms with van der Waals surface area (Å²) in [6.45, 7) is 0.269. The second-order valence-electron chi connectivity index (χ2n) is 6.29. The number of hydrogen-bond acceptors (Lipinski definition) is 8. The number of benzene rings is 2. The molecule has 0 aromatic heterocycles. The van der Waals surface area contributed by atoms with Crippen LogP contribution in [0, 0.1) is 0 Å². The molecule has 0 unspecified atom stereocenters. The number of carbonyl (C=O) groups excluding carboxylic acids is 2. The third-order valence-corrected chi connectivity index (χ3v) is 5.41. The Morgan fingerprint density at radius 2 is 1.48 bits per heavy atom. The molecule has 0 radical (unpaired) electrons. The summed E-state index contributed by atoms with van der Waals surface area (Å²) in [5, 5.41) is -0.354. The molecule has 1 heterocycles. The predicted octanol–water partition coefficient (Wildman–Crippen LogP) is 3.84. The summed E-state index contributed by atoms with van der Waals surface area (Å²) in [7, 11) is 6.08. The normalized spacial score (nSPS) is 14.7. The van der Waals surface area contributed by atoms with Crippen LogP contribution in [0.4, 0.5) is 4.79 Å². The van der Waals surface area contributed by atoms with E-state index in [2.05, 4.69) is 0 Å². The fourth-order valence-electron chi connectivity index (χ4n) is 3.01. The topological polar surface area (TPSA) is 83.5 Å². The van der Waals surface area contributed by atoms with Crippen molar-refractivity contribution in [3.05, 3.63) is 46.9 Å². The van der Waals surface area contributed by atoms with Gasteiger partial charge in [0.15, 0.2) is 23.0 Å². The fraction of sp³-hybridized carbons (Fsp3) is 0.273. The molecule has 1 saturated heterocycles. The lowest BCUT2D eigenvalue weighted by Gasteiger charge is -2.14. The molecule has 1 aliphatic rings. The number of rotatable bonds is 9. The summed E-state index contributed by atoms with van der Waals surface area (Å²) < 4.78 is 26.9. The Morgan fingerprint density at radius 1 is 0.871 bits per heavy atom. The zero-order chi connectivity index (χ0) is 22.4. The van der Waals surface area contributed by atoms with Gasteiger partial charge in [0, 0.05) is 0 Å². The Labute approximate surface area is 184 Å². The van der Waals surface area contributed by atoms with Gasteiger partial charge in [0.2, 0.25) is 5.75 Å². The van der Waals surface area contributed by atoms with Gasteiger partial charge in [0.25, 0.3) is 11.1 Å². The zero-order valence-corrected chi connectivity index (χ0v) is 18.5. The van der Waals surface area contributed by atoms with Gasteiger partial charge >= 0.3 is 0 Å². The lowest BCUT2D eigenvalue weighted by molar-refractivity contribution is -0.123. The predicted molar refractivity (Wildman–Crippen MR) is 117 cm³/mol. The molecule has 0 atom stereocenters. The van der Waals surface area contributed by atoms with E-state index in [1.165, 1.54) is 21.3 Å². The molecule has 164 valence electrons. The van der Waals surface area contributed by atoms with Crippen molar-refractivity contribution in [2.24, 2.45) is 0 Å². The lowest BCUT2D eigenvalue weighted by Crippen LogP contribution is -2.32. The van der Waals surface area contributed by atoms with Crippen LogP contribution in [0.1, 0.15) is 5.56 Å². The van der Waals surface area contributed by atoms with Crippen LogP contribution in [0.5, 0.6) is 28.7 Å². The summed E-state index contributed by atoms with van der Waals surface area (Å²) >= 11 is 0.873. The quantitative estimate of drug-likeness (QED) is 0.539. The molecule has 1 fully saturated rings. The Kier molecular flexibility index (Phi) is 7.30. The van der Waals surface area contributed by atoms with Gasteiger partial charge in [-0.15, -0.1) is 0 Å². The van der Waals surface area contributed by atoms with Crippen LogP contribution in [-0.4, -0.2) is 57.6 Å². The molecule has 2 amide bonds. The molecule has 3 rings (SSSR count). The van der Waals surface area contributed by atoms with Crippen molar-refractivity contribution < 1.29 is 33.3 Å². The SMILES string of the molecule is COc1ccccc1OCCN1C(=O)S/C(=C\c2cc(OC)c(OC)c(OC)c2)C1=O. The Hall–Kier alpha value is -3.33. The zero-order valence-electron chi connectivity index (χ0n) is 17.7. The van der Waals surface area contributed by atoms with Crippen LogP contribution < -0.4 is 23.7 Å². The molecule has 8 nitrogen and oxygen atoms in total. The highest BCUT2D eigenvalue weighted by Crippen LogP contribution is 2.40. The molecule has 2 aromatic carbocycles. The van der Waals surface area contributed by atoms with Gasteiger partial charge in [0.05, 0.1) is 39.9 Å². The maximum atomic E-state index is 12.8. The molecule has 0 spiro atoms. The van der Waals surface area contributed by atoms with E-state index in [1.807, 2.05) is 12.1 Å². The molecule has 1 aliphatic heterocycles.